The van der Waals surface area contributed by atoms with Crippen molar-refractivity contribution in [3.63, 3.8) is 0 Å². The van der Waals surface area contributed by atoms with Crippen molar-refractivity contribution in [2.75, 3.05) is 5.32 Å². The van der Waals surface area contributed by atoms with E-state index >= 15 is 0 Å². The standard InChI is InChI=1S/C14H22N4O2/c1-5-9(3)18-13(19)7-11(14(18)20)15-12-8-17(4)16-10(12)6-2/h8-9,11,15H,5-7H2,1-4H3. The quantitative estimate of drug-likeness (QED) is 0.825. The molecule has 1 aliphatic rings. The Morgan fingerprint density at radius 1 is 1.45 bits per heavy atom. The summed E-state index contributed by atoms with van der Waals surface area (Å²) in [7, 11) is 1.84. The Morgan fingerprint density at radius 2 is 2.15 bits per heavy atom. The topological polar surface area (TPSA) is 67.2 Å². The second-order valence-corrected chi connectivity index (χ2v) is 5.28. The van der Waals surface area contributed by atoms with Crippen molar-refractivity contribution in [1.82, 2.24) is 14.7 Å². The van der Waals surface area contributed by atoms with Crippen molar-refractivity contribution in [1.29, 1.82) is 0 Å². The lowest BCUT2D eigenvalue weighted by Gasteiger charge is -2.21. The van der Waals surface area contributed by atoms with Gasteiger partial charge in [-0.05, 0) is 19.8 Å². The van der Waals surface area contributed by atoms with Crippen molar-refractivity contribution in [2.45, 2.75) is 52.1 Å². The largest absolute Gasteiger partial charge is 0.370 e. The predicted molar refractivity (Wildman–Crippen MR) is 76.2 cm³/mol. The molecule has 110 valence electrons. The third-order valence-corrected chi connectivity index (χ3v) is 3.78. The lowest BCUT2D eigenvalue weighted by atomic mass is 10.2. The lowest BCUT2D eigenvalue weighted by molar-refractivity contribution is -0.140. The van der Waals surface area contributed by atoms with Crippen molar-refractivity contribution in [3.8, 4) is 0 Å². The molecule has 1 aliphatic heterocycles. The van der Waals surface area contributed by atoms with E-state index < -0.39 is 6.04 Å². The summed E-state index contributed by atoms with van der Waals surface area (Å²) in [6.45, 7) is 5.89. The highest BCUT2D eigenvalue weighted by Gasteiger charge is 2.40. The highest BCUT2D eigenvalue weighted by molar-refractivity contribution is 6.07. The SMILES string of the molecule is CCc1nn(C)cc1NC1CC(=O)N(C(C)CC)C1=O. The Balaban J connectivity index is 2.15. The van der Waals surface area contributed by atoms with Gasteiger partial charge in [0, 0.05) is 19.3 Å². The van der Waals surface area contributed by atoms with E-state index in [1.165, 1.54) is 4.90 Å². The molecule has 0 bridgehead atoms. The van der Waals surface area contributed by atoms with Crippen LogP contribution in [-0.2, 0) is 23.1 Å². The molecule has 0 radical (unpaired) electrons. The Morgan fingerprint density at radius 3 is 2.75 bits per heavy atom. The number of carbonyl (C=O) groups excluding carboxylic acids is 2. The molecule has 0 saturated carbocycles. The molecular weight excluding hydrogens is 256 g/mol. The third-order valence-electron chi connectivity index (χ3n) is 3.78. The van der Waals surface area contributed by atoms with Crippen LogP contribution in [0.15, 0.2) is 6.20 Å². The van der Waals surface area contributed by atoms with E-state index in [1.807, 2.05) is 34.0 Å². The van der Waals surface area contributed by atoms with E-state index in [9.17, 15) is 9.59 Å². The molecule has 0 aliphatic carbocycles. The number of aromatic nitrogens is 2. The van der Waals surface area contributed by atoms with Crippen LogP contribution in [0.4, 0.5) is 5.69 Å². The fourth-order valence-electron chi connectivity index (χ4n) is 2.51. The maximum Gasteiger partial charge on any atom is 0.252 e. The monoisotopic (exact) mass is 278 g/mol. The molecule has 0 aromatic carbocycles. The molecule has 1 N–H and O–H groups in total. The summed E-state index contributed by atoms with van der Waals surface area (Å²) in [5.41, 5.74) is 1.75. The van der Waals surface area contributed by atoms with Gasteiger partial charge in [-0.2, -0.15) is 5.10 Å². The minimum Gasteiger partial charge on any atom is -0.370 e. The molecular formula is C14H22N4O2. The van der Waals surface area contributed by atoms with Gasteiger partial charge in [0.25, 0.3) is 5.91 Å². The molecule has 1 aromatic rings. The van der Waals surface area contributed by atoms with E-state index in [-0.39, 0.29) is 24.3 Å². The number of anilines is 1. The molecule has 6 heteroatoms. The number of nitrogens with zero attached hydrogens (tertiary/aromatic N) is 3. The first kappa shape index (κ1) is 14.6. The zero-order chi connectivity index (χ0) is 14.9. The summed E-state index contributed by atoms with van der Waals surface area (Å²) in [6.07, 6.45) is 3.63. The number of imide groups is 1. The van der Waals surface area contributed by atoms with Gasteiger partial charge < -0.3 is 5.32 Å². The van der Waals surface area contributed by atoms with Gasteiger partial charge in [0.15, 0.2) is 0 Å². The minimum absolute atomic E-state index is 0.0404. The Labute approximate surface area is 119 Å². The maximum atomic E-state index is 12.3. The van der Waals surface area contributed by atoms with Gasteiger partial charge in [-0.3, -0.25) is 19.2 Å². The Kier molecular flexibility index (Phi) is 4.11. The predicted octanol–water partition coefficient (Wildman–Crippen LogP) is 1.32. The molecule has 2 amide bonds. The number of hydrogen-bond acceptors (Lipinski definition) is 4. The first-order chi connectivity index (χ1) is 9.47. The van der Waals surface area contributed by atoms with Crippen LogP contribution in [0, 0.1) is 0 Å². The average Bonchev–Trinajstić information content (AvgIpc) is 2.90. The molecule has 1 saturated heterocycles. The first-order valence-corrected chi connectivity index (χ1v) is 7.12. The molecule has 0 spiro atoms. The van der Waals surface area contributed by atoms with E-state index in [2.05, 4.69) is 10.4 Å². The zero-order valence-electron chi connectivity index (χ0n) is 12.5. The molecule has 2 rings (SSSR count). The van der Waals surface area contributed by atoms with Crippen molar-refractivity contribution in [3.05, 3.63) is 11.9 Å². The van der Waals surface area contributed by atoms with Crippen LogP contribution in [0.25, 0.3) is 0 Å². The highest BCUT2D eigenvalue weighted by atomic mass is 16.2. The number of likely N-dealkylation sites (tertiary alicyclic amines) is 1. The van der Waals surface area contributed by atoms with Crippen molar-refractivity contribution in [2.24, 2.45) is 7.05 Å². The summed E-state index contributed by atoms with van der Waals surface area (Å²) >= 11 is 0. The van der Waals surface area contributed by atoms with Crippen LogP contribution in [0.3, 0.4) is 0 Å². The molecule has 2 unspecified atom stereocenters. The summed E-state index contributed by atoms with van der Waals surface area (Å²) in [5.74, 6) is -0.223. The summed E-state index contributed by atoms with van der Waals surface area (Å²) in [6, 6.07) is -0.507. The van der Waals surface area contributed by atoms with Gasteiger partial charge in [-0.15, -0.1) is 0 Å². The van der Waals surface area contributed by atoms with Crippen LogP contribution >= 0.6 is 0 Å². The molecule has 2 heterocycles. The number of hydrogen-bond donors (Lipinski definition) is 1. The van der Waals surface area contributed by atoms with Crippen LogP contribution in [-0.4, -0.2) is 38.6 Å². The Bertz CT molecular complexity index is 523. The number of carbonyl (C=O) groups is 2. The zero-order valence-corrected chi connectivity index (χ0v) is 12.5. The molecule has 2 atom stereocenters. The number of aryl methyl sites for hydroxylation is 2. The second kappa shape index (κ2) is 5.64. The fraction of sp³-hybridized carbons (Fsp3) is 0.643. The minimum atomic E-state index is -0.467. The van der Waals surface area contributed by atoms with Crippen molar-refractivity contribution < 1.29 is 9.59 Å². The molecule has 1 fully saturated rings. The maximum absolute atomic E-state index is 12.3. The van der Waals surface area contributed by atoms with Gasteiger partial charge in [-0.1, -0.05) is 13.8 Å². The van der Waals surface area contributed by atoms with Gasteiger partial charge in [0.2, 0.25) is 5.91 Å². The third kappa shape index (κ3) is 2.55. The fourth-order valence-corrected chi connectivity index (χ4v) is 2.51. The summed E-state index contributed by atoms with van der Waals surface area (Å²) in [5, 5.41) is 7.50. The highest BCUT2D eigenvalue weighted by Crippen LogP contribution is 2.23. The van der Waals surface area contributed by atoms with Crippen LogP contribution in [0.2, 0.25) is 0 Å². The molecule has 1 aromatic heterocycles. The van der Waals surface area contributed by atoms with Crippen molar-refractivity contribution >= 4 is 17.5 Å². The van der Waals surface area contributed by atoms with E-state index in [0.29, 0.717) is 0 Å². The Hall–Kier alpha value is -1.85. The number of rotatable bonds is 5. The second-order valence-electron chi connectivity index (χ2n) is 5.28. The van der Waals surface area contributed by atoms with Crippen LogP contribution in [0.1, 0.15) is 39.3 Å². The van der Waals surface area contributed by atoms with Gasteiger partial charge >= 0.3 is 0 Å². The lowest BCUT2D eigenvalue weighted by Crippen LogP contribution is -2.40. The molecule has 20 heavy (non-hydrogen) atoms. The van der Waals surface area contributed by atoms with Crippen LogP contribution in [0.5, 0.6) is 0 Å². The van der Waals surface area contributed by atoms with E-state index in [0.717, 1.165) is 24.2 Å². The number of amides is 2. The average molecular weight is 278 g/mol. The summed E-state index contributed by atoms with van der Waals surface area (Å²) in [4.78, 5) is 25.7. The first-order valence-electron chi connectivity index (χ1n) is 7.12. The van der Waals surface area contributed by atoms with Gasteiger partial charge in [0.1, 0.15) is 6.04 Å². The van der Waals surface area contributed by atoms with Crippen LogP contribution < -0.4 is 5.32 Å². The normalized spacial score (nSPS) is 20.6. The number of nitrogens with one attached hydrogen (secondary N) is 1. The van der Waals surface area contributed by atoms with Gasteiger partial charge in [-0.25, -0.2) is 0 Å². The van der Waals surface area contributed by atoms with Gasteiger partial charge in [0.05, 0.1) is 17.8 Å². The van der Waals surface area contributed by atoms with E-state index in [4.69, 9.17) is 0 Å². The molecule has 6 nitrogen and oxygen atoms in total. The smallest absolute Gasteiger partial charge is 0.252 e. The summed E-state index contributed by atoms with van der Waals surface area (Å²) < 4.78 is 1.72. The van der Waals surface area contributed by atoms with E-state index in [1.54, 1.807) is 4.68 Å².